The summed E-state index contributed by atoms with van der Waals surface area (Å²) >= 11 is 5.91. The molecule has 1 aromatic carbocycles. The molecule has 1 amide bonds. The van der Waals surface area contributed by atoms with Crippen LogP contribution in [0.5, 0.6) is 0 Å². The molecule has 1 heterocycles. The number of benzene rings is 1. The Hall–Kier alpha value is -2.14. The third kappa shape index (κ3) is 3.24. The summed E-state index contributed by atoms with van der Waals surface area (Å²) in [5.74, 6) is -0.534. The Morgan fingerprint density at radius 2 is 2.20 bits per heavy atom. The van der Waals surface area contributed by atoms with Gasteiger partial charge in [-0.25, -0.2) is 9.37 Å². The van der Waals surface area contributed by atoms with Crippen LogP contribution in [0.25, 0.3) is 0 Å². The van der Waals surface area contributed by atoms with Crippen LogP contribution in [-0.2, 0) is 0 Å². The summed E-state index contributed by atoms with van der Waals surface area (Å²) < 4.78 is 13.1. The van der Waals surface area contributed by atoms with Gasteiger partial charge in [0, 0.05) is 6.20 Å². The van der Waals surface area contributed by atoms with Crippen LogP contribution < -0.4 is 11.1 Å². The molecule has 2 aromatic rings. The number of amides is 1. The minimum absolute atomic E-state index is 0.206. The molecular formula is C14H13ClFN3O. The van der Waals surface area contributed by atoms with Crippen molar-refractivity contribution in [2.45, 2.75) is 13.0 Å². The van der Waals surface area contributed by atoms with Crippen molar-refractivity contribution in [2.75, 3.05) is 5.73 Å². The van der Waals surface area contributed by atoms with Crippen molar-refractivity contribution in [1.82, 2.24) is 10.3 Å². The molecule has 4 nitrogen and oxygen atoms in total. The Kier molecular flexibility index (Phi) is 4.20. The van der Waals surface area contributed by atoms with E-state index in [1.54, 1.807) is 19.1 Å². The van der Waals surface area contributed by atoms with Crippen LogP contribution in [0.15, 0.2) is 36.5 Å². The van der Waals surface area contributed by atoms with E-state index in [1.807, 2.05) is 0 Å². The Labute approximate surface area is 120 Å². The molecule has 2 rings (SSSR count). The molecule has 0 bridgehead atoms. The van der Waals surface area contributed by atoms with Crippen molar-refractivity contribution in [3.05, 3.63) is 58.5 Å². The second-order valence-electron chi connectivity index (χ2n) is 4.34. The summed E-state index contributed by atoms with van der Waals surface area (Å²) in [6.07, 6.45) is 1.32. The summed E-state index contributed by atoms with van der Waals surface area (Å²) in [4.78, 5) is 15.9. The summed E-state index contributed by atoms with van der Waals surface area (Å²) in [7, 11) is 0. The first kappa shape index (κ1) is 14.3. The Morgan fingerprint density at radius 1 is 1.45 bits per heavy atom. The maximum Gasteiger partial charge on any atom is 0.253 e. The molecule has 104 valence electrons. The zero-order valence-electron chi connectivity index (χ0n) is 10.7. The van der Waals surface area contributed by atoms with E-state index < -0.39 is 0 Å². The lowest BCUT2D eigenvalue weighted by Crippen LogP contribution is -2.27. The number of nitrogens with one attached hydrogen (secondary N) is 1. The Morgan fingerprint density at radius 3 is 2.90 bits per heavy atom. The van der Waals surface area contributed by atoms with E-state index in [2.05, 4.69) is 10.3 Å². The van der Waals surface area contributed by atoms with Crippen molar-refractivity contribution in [3.63, 3.8) is 0 Å². The fourth-order valence-electron chi connectivity index (χ4n) is 1.76. The van der Waals surface area contributed by atoms with Gasteiger partial charge in [-0.2, -0.15) is 0 Å². The standard InChI is InChI=1S/C14H13ClFN3O/c1-8(9-3-2-4-10(16)5-9)19-14(20)11-6-13(17)18-7-12(11)15/h2-8H,1H3,(H2,17,18)(H,19,20). The summed E-state index contributed by atoms with van der Waals surface area (Å²) in [5.41, 5.74) is 6.43. The Bertz CT molecular complexity index is 648. The lowest BCUT2D eigenvalue weighted by atomic mass is 10.1. The van der Waals surface area contributed by atoms with Gasteiger partial charge in [0.1, 0.15) is 11.6 Å². The number of hydrogen-bond acceptors (Lipinski definition) is 3. The molecule has 0 spiro atoms. The number of rotatable bonds is 3. The molecule has 1 unspecified atom stereocenters. The van der Waals surface area contributed by atoms with E-state index in [9.17, 15) is 9.18 Å². The maximum atomic E-state index is 13.1. The monoisotopic (exact) mass is 293 g/mol. The first-order valence-electron chi connectivity index (χ1n) is 5.94. The van der Waals surface area contributed by atoms with E-state index in [-0.39, 0.29) is 34.2 Å². The van der Waals surface area contributed by atoms with Gasteiger partial charge in [-0.1, -0.05) is 23.7 Å². The van der Waals surface area contributed by atoms with Crippen molar-refractivity contribution >= 4 is 23.3 Å². The Balaban J connectivity index is 2.17. The number of aromatic nitrogens is 1. The van der Waals surface area contributed by atoms with E-state index in [0.717, 1.165) is 0 Å². The lowest BCUT2D eigenvalue weighted by Gasteiger charge is -2.15. The fourth-order valence-corrected chi connectivity index (χ4v) is 1.95. The van der Waals surface area contributed by atoms with Gasteiger partial charge in [0.25, 0.3) is 5.91 Å². The summed E-state index contributed by atoms with van der Waals surface area (Å²) in [6.45, 7) is 1.76. The third-order valence-electron chi connectivity index (χ3n) is 2.82. The molecule has 0 saturated heterocycles. The van der Waals surface area contributed by atoms with Crippen LogP contribution in [0.2, 0.25) is 5.02 Å². The normalized spacial score (nSPS) is 11.9. The highest BCUT2D eigenvalue weighted by Gasteiger charge is 2.15. The minimum Gasteiger partial charge on any atom is -0.384 e. The number of carbonyl (C=O) groups is 1. The topological polar surface area (TPSA) is 68.0 Å². The number of nitrogen functional groups attached to an aromatic ring is 1. The highest BCUT2D eigenvalue weighted by Crippen LogP contribution is 2.19. The van der Waals surface area contributed by atoms with E-state index in [4.69, 9.17) is 17.3 Å². The third-order valence-corrected chi connectivity index (χ3v) is 3.12. The zero-order chi connectivity index (χ0) is 14.7. The summed E-state index contributed by atoms with van der Waals surface area (Å²) in [5, 5.41) is 2.95. The molecule has 0 fully saturated rings. The largest absolute Gasteiger partial charge is 0.384 e. The first-order chi connectivity index (χ1) is 9.47. The number of carbonyl (C=O) groups excluding carboxylic acids is 1. The average Bonchev–Trinajstić information content (AvgIpc) is 2.41. The van der Waals surface area contributed by atoms with Gasteiger partial charge in [0.2, 0.25) is 0 Å². The molecule has 1 aromatic heterocycles. The highest BCUT2D eigenvalue weighted by molar-refractivity contribution is 6.33. The van der Waals surface area contributed by atoms with Gasteiger partial charge >= 0.3 is 0 Å². The molecule has 0 saturated carbocycles. The zero-order valence-corrected chi connectivity index (χ0v) is 11.5. The second kappa shape index (κ2) is 5.88. The molecule has 20 heavy (non-hydrogen) atoms. The van der Waals surface area contributed by atoms with Crippen LogP contribution in [0.1, 0.15) is 28.9 Å². The molecule has 1 atom stereocenters. The molecule has 0 aliphatic rings. The number of hydrogen-bond donors (Lipinski definition) is 2. The molecule has 3 N–H and O–H groups in total. The van der Waals surface area contributed by atoms with Crippen LogP contribution in [0, 0.1) is 5.82 Å². The average molecular weight is 294 g/mol. The van der Waals surface area contributed by atoms with Crippen LogP contribution in [0.3, 0.4) is 0 Å². The maximum absolute atomic E-state index is 13.1. The summed E-state index contributed by atoms with van der Waals surface area (Å²) in [6, 6.07) is 7.08. The fraction of sp³-hybridized carbons (Fsp3) is 0.143. The van der Waals surface area contributed by atoms with Crippen LogP contribution >= 0.6 is 11.6 Å². The highest BCUT2D eigenvalue weighted by atomic mass is 35.5. The molecule has 6 heteroatoms. The van der Waals surface area contributed by atoms with Crippen molar-refractivity contribution in [1.29, 1.82) is 0 Å². The van der Waals surface area contributed by atoms with Crippen LogP contribution in [0.4, 0.5) is 10.2 Å². The minimum atomic E-state index is -0.388. The van der Waals surface area contributed by atoms with Gasteiger partial charge < -0.3 is 11.1 Å². The predicted octanol–water partition coefficient (Wildman–Crippen LogP) is 2.95. The van der Waals surface area contributed by atoms with E-state index in [1.165, 1.54) is 24.4 Å². The number of nitrogens with zero attached hydrogens (tertiary/aromatic N) is 1. The second-order valence-corrected chi connectivity index (χ2v) is 4.75. The molecule has 0 aliphatic carbocycles. The van der Waals surface area contributed by atoms with E-state index in [0.29, 0.717) is 5.56 Å². The SMILES string of the molecule is CC(NC(=O)c1cc(N)ncc1Cl)c1cccc(F)c1. The molecule has 0 aliphatic heterocycles. The quantitative estimate of drug-likeness (QED) is 0.914. The van der Waals surface area contributed by atoms with Crippen LogP contribution in [-0.4, -0.2) is 10.9 Å². The number of pyridine rings is 1. The van der Waals surface area contributed by atoms with Crippen molar-refractivity contribution in [3.8, 4) is 0 Å². The van der Waals surface area contributed by atoms with Gasteiger partial charge in [0.15, 0.2) is 0 Å². The predicted molar refractivity (Wildman–Crippen MR) is 75.9 cm³/mol. The van der Waals surface area contributed by atoms with Gasteiger partial charge in [0.05, 0.1) is 16.6 Å². The number of halogens is 2. The van der Waals surface area contributed by atoms with E-state index >= 15 is 0 Å². The van der Waals surface area contributed by atoms with Gasteiger partial charge in [-0.05, 0) is 30.7 Å². The number of nitrogens with two attached hydrogens (primary N) is 1. The molecule has 0 radical (unpaired) electrons. The van der Waals surface area contributed by atoms with Gasteiger partial charge in [-0.15, -0.1) is 0 Å². The first-order valence-corrected chi connectivity index (χ1v) is 6.32. The molecular weight excluding hydrogens is 281 g/mol. The van der Waals surface area contributed by atoms with Crippen molar-refractivity contribution < 1.29 is 9.18 Å². The number of anilines is 1. The van der Waals surface area contributed by atoms with Gasteiger partial charge in [-0.3, -0.25) is 4.79 Å². The lowest BCUT2D eigenvalue weighted by molar-refractivity contribution is 0.0940. The smallest absolute Gasteiger partial charge is 0.253 e. The van der Waals surface area contributed by atoms with Crippen molar-refractivity contribution in [2.24, 2.45) is 0 Å².